The quantitative estimate of drug-likeness (QED) is 0.704. The molecule has 102 valence electrons. The maximum absolute atomic E-state index is 6.13. The number of nitrogens with one attached hydrogen (secondary N) is 1. The highest BCUT2D eigenvalue weighted by molar-refractivity contribution is 14.1. The second-order valence-corrected chi connectivity index (χ2v) is 6.88. The van der Waals surface area contributed by atoms with Crippen molar-refractivity contribution >= 4 is 45.5 Å². The Bertz CT molecular complexity index is 516. The zero-order chi connectivity index (χ0) is 13.7. The molecule has 5 heteroatoms. The van der Waals surface area contributed by atoms with Gasteiger partial charge in [0.25, 0.3) is 0 Å². The molecule has 0 amide bonds. The van der Waals surface area contributed by atoms with Crippen LogP contribution in [-0.2, 0) is 6.42 Å². The minimum Gasteiger partial charge on any atom is -0.310 e. The third-order valence-corrected chi connectivity index (χ3v) is 4.86. The van der Waals surface area contributed by atoms with Crippen molar-refractivity contribution in [2.45, 2.75) is 25.8 Å². The topological polar surface area (TPSA) is 24.9 Å². The monoisotopic (exact) mass is 406 g/mol. The lowest BCUT2D eigenvalue weighted by atomic mass is 10.0. The average molecular weight is 407 g/mol. The average Bonchev–Trinajstić information content (AvgIpc) is 2.90. The summed E-state index contributed by atoms with van der Waals surface area (Å²) in [6.45, 7) is 3.18. The van der Waals surface area contributed by atoms with Crippen molar-refractivity contribution in [3.05, 3.63) is 48.9 Å². The van der Waals surface area contributed by atoms with Crippen LogP contribution in [0.3, 0.4) is 0 Å². The van der Waals surface area contributed by atoms with Crippen LogP contribution in [0.1, 0.15) is 30.0 Å². The fourth-order valence-corrected chi connectivity index (χ4v) is 3.48. The molecule has 1 N–H and O–H groups in total. The number of hydrogen-bond donors (Lipinski definition) is 1. The van der Waals surface area contributed by atoms with Crippen molar-refractivity contribution in [3.63, 3.8) is 0 Å². The van der Waals surface area contributed by atoms with E-state index in [2.05, 4.69) is 51.9 Å². The highest BCUT2D eigenvalue weighted by Gasteiger charge is 2.16. The number of benzene rings is 1. The van der Waals surface area contributed by atoms with E-state index in [1.54, 1.807) is 11.3 Å². The Balaban J connectivity index is 2.23. The van der Waals surface area contributed by atoms with Crippen molar-refractivity contribution in [2.75, 3.05) is 6.54 Å². The van der Waals surface area contributed by atoms with E-state index in [1.807, 2.05) is 17.6 Å². The van der Waals surface area contributed by atoms with E-state index in [0.717, 1.165) is 29.4 Å². The summed E-state index contributed by atoms with van der Waals surface area (Å²) in [5.74, 6) is 0. The number of aromatic nitrogens is 1. The molecule has 1 atom stereocenters. The smallest absolute Gasteiger partial charge is 0.0943 e. The first-order chi connectivity index (χ1) is 9.20. The maximum atomic E-state index is 6.13. The minimum absolute atomic E-state index is 0.275. The molecule has 1 aromatic heterocycles. The zero-order valence-corrected chi connectivity index (χ0v) is 14.4. The summed E-state index contributed by atoms with van der Waals surface area (Å²) in [6, 6.07) is 6.34. The molecular formula is C14H16ClIN2S. The van der Waals surface area contributed by atoms with E-state index in [4.69, 9.17) is 11.6 Å². The van der Waals surface area contributed by atoms with Gasteiger partial charge in [-0.05, 0) is 59.3 Å². The maximum Gasteiger partial charge on any atom is 0.0943 e. The summed E-state index contributed by atoms with van der Waals surface area (Å²) in [7, 11) is 0. The number of nitrogens with zero attached hydrogens (tertiary/aromatic N) is 1. The molecule has 0 aliphatic rings. The van der Waals surface area contributed by atoms with Crippen molar-refractivity contribution < 1.29 is 0 Å². The molecule has 1 aromatic carbocycles. The molecule has 0 saturated heterocycles. The van der Waals surface area contributed by atoms with Crippen LogP contribution in [0.15, 0.2) is 29.8 Å². The fraction of sp³-hybridized carbons (Fsp3) is 0.357. The van der Waals surface area contributed by atoms with Crippen LogP contribution < -0.4 is 5.32 Å². The summed E-state index contributed by atoms with van der Waals surface area (Å²) in [5.41, 5.74) is 1.26. The number of hydrogen-bond acceptors (Lipinski definition) is 3. The van der Waals surface area contributed by atoms with E-state index in [0.29, 0.717) is 0 Å². The molecule has 2 rings (SSSR count). The van der Waals surface area contributed by atoms with Crippen LogP contribution in [0.25, 0.3) is 0 Å². The Hall–Kier alpha value is -0.170. The van der Waals surface area contributed by atoms with Gasteiger partial charge in [-0.25, -0.2) is 4.98 Å². The SMILES string of the molecule is CCCNC(Cc1nccs1)c1cc(Cl)ccc1I. The van der Waals surface area contributed by atoms with Crippen molar-refractivity contribution in [1.29, 1.82) is 0 Å². The van der Waals surface area contributed by atoms with E-state index >= 15 is 0 Å². The Morgan fingerprint density at radius 2 is 2.32 bits per heavy atom. The molecule has 19 heavy (non-hydrogen) atoms. The number of rotatable bonds is 6. The Morgan fingerprint density at radius 3 is 3.00 bits per heavy atom. The van der Waals surface area contributed by atoms with Gasteiger partial charge >= 0.3 is 0 Å². The van der Waals surface area contributed by atoms with Crippen LogP contribution in [0, 0.1) is 3.57 Å². The van der Waals surface area contributed by atoms with Crippen molar-refractivity contribution in [1.82, 2.24) is 10.3 Å². The second kappa shape index (κ2) is 7.57. The molecule has 0 saturated carbocycles. The lowest BCUT2D eigenvalue weighted by Gasteiger charge is -2.19. The summed E-state index contributed by atoms with van der Waals surface area (Å²) < 4.78 is 1.24. The van der Waals surface area contributed by atoms with Crippen LogP contribution in [0.4, 0.5) is 0 Å². The van der Waals surface area contributed by atoms with Gasteiger partial charge in [0.2, 0.25) is 0 Å². The molecule has 0 aliphatic heterocycles. The van der Waals surface area contributed by atoms with Crippen LogP contribution >= 0.6 is 45.5 Å². The molecule has 2 nitrogen and oxygen atoms in total. The fourth-order valence-electron chi connectivity index (χ4n) is 1.92. The highest BCUT2D eigenvalue weighted by atomic mass is 127. The van der Waals surface area contributed by atoms with Gasteiger partial charge < -0.3 is 5.32 Å². The van der Waals surface area contributed by atoms with Crippen molar-refractivity contribution in [2.24, 2.45) is 0 Å². The Labute approximate surface area is 136 Å². The van der Waals surface area contributed by atoms with E-state index in [1.165, 1.54) is 9.13 Å². The number of halogens is 2. The van der Waals surface area contributed by atoms with Gasteiger partial charge in [-0.2, -0.15) is 0 Å². The molecule has 0 fully saturated rings. The van der Waals surface area contributed by atoms with Crippen molar-refractivity contribution in [3.8, 4) is 0 Å². The summed E-state index contributed by atoms with van der Waals surface area (Å²) in [4.78, 5) is 4.38. The number of thiazole rings is 1. The van der Waals surface area contributed by atoms with Gasteiger partial charge in [-0.1, -0.05) is 18.5 Å². The molecule has 0 radical (unpaired) electrons. The molecule has 0 bridgehead atoms. The summed E-state index contributed by atoms with van der Waals surface area (Å²) >= 11 is 10.2. The third-order valence-electron chi connectivity index (χ3n) is 2.84. The predicted molar refractivity (Wildman–Crippen MR) is 91.0 cm³/mol. The van der Waals surface area contributed by atoms with Crippen LogP contribution in [-0.4, -0.2) is 11.5 Å². The zero-order valence-electron chi connectivity index (χ0n) is 10.7. The first-order valence-corrected chi connectivity index (χ1v) is 8.61. The van der Waals surface area contributed by atoms with Gasteiger partial charge in [0.05, 0.1) is 5.01 Å². The van der Waals surface area contributed by atoms with E-state index < -0.39 is 0 Å². The lowest BCUT2D eigenvalue weighted by Crippen LogP contribution is -2.24. The van der Waals surface area contributed by atoms with Gasteiger partial charge in [0.1, 0.15) is 0 Å². The van der Waals surface area contributed by atoms with Gasteiger partial charge in [-0.15, -0.1) is 11.3 Å². The summed E-state index contributed by atoms with van der Waals surface area (Å²) in [5, 5.41) is 7.56. The molecule has 2 aromatic rings. The third kappa shape index (κ3) is 4.41. The first-order valence-electron chi connectivity index (χ1n) is 6.27. The Morgan fingerprint density at radius 1 is 1.47 bits per heavy atom. The van der Waals surface area contributed by atoms with Crippen LogP contribution in [0.5, 0.6) is 0 Å². The predicted octanol–water partition coefficient (Wildman–Crippen LogP) is 4.68. The highest BCUT2D eigenvalue weighted by Crippen LogP contribution is 2.27. The van der Waals surface area contributed by atoms with Crippen LogP contribution in [0.2, 0.25) is 5.02 Å². The summed E-state index contributed by atoms with van der Waals surface area (Å²) in [6.07, 6.45) is 3.89. The normalized spacial score (nSPS) is 12.6. The Kier molecular flexibility index (Phi) is 6.06. The van der Waals surface area contributed by atoms with Gasteiger partial charge in [0, 0.05) is 32.6 Å². The molecular weight excluding hydrogens is 391 g/mol. The standard InChI is InChI=1S/C14H16ClIN2S/c1-2-5-17-13(9-14-18-6-7-19-14)11-8-10(15)3-4-12(11)16/h3-4,6-8,13,17H,2,5,9H2,1H3. The molecule has 1 unspecified atom stereocenters. The van der Waals surface area contributed by atoms with Gasteiger partial charge in [0.15, 0.2) is 0 Å². The minimum atomic E-state index is 0.275. The van der Waals surface area contributed by atoms with Gasteiger partial charge in [-0.3, -0.25) is 0 Å². The van der Waals surface area contributed by atoms with E-state index in [-0.39, 0.29) is 6.04 Å². The molecule has 0 spiro atoms. The molecule has 0 aliphatic carbocycles. The lowest BCUT2D eigenvalue weighted by molar-refractivity contribution is 0.526. The molecule has 1 heterocycles. The first kappa shape index (κ1) is 15.2. The largest absolute Gasteiger partial charge is 0.310 e. The van der Waals surface area contributed by atoms with E-state index in [9.17, 15) is 0 Å². The second-order valence-electron chi connectivity index (χ2n) is 4.30.